The highest BCUT2D eigenvalue weighted by Crippen LogP contribution is 1.80. The molecular weight excluding hydrogens is 122 g/mol. The first-order valence-corrected chi connectivity index (χ1v) is 3.28. The number of carbonyl (C=O) groups excluding carboxylic acids is 1. The van der Waals surface area contributed by atoms with E-state index in [2.05, 4.69) is 17.9 Å². The number of aldehydes is 1. The molecule has 0 radical (unpaired) electrons. The first kappa shape index (κ1) is 7.98. The van der Waals surface area contributed by atoms with E-state index >= 15 is 0 Å². The van der Waals surface area contributed by atoms with Gasteiger partial charge in [0, 0.05) is 5.75 Å². The second-order valence-corrected chi connectivity index (χ2v) is 1.85. The fourth-order valence-corrected chi connectivity index (χ4v) is 0.633. The average Bonchev–Trinajstić information content (AvgIpc) is 1.83. The van der Waals surface area contributed by atoms with E-state index in [0.29, 0.717) is 5.75 Å². The summed E-state index contributed by atoms with van der Waals surface area (Å²) in [6.45, 7) is 2.78. The van der Waals surface area contributed by atoms with Gasteiger partial charge >= 0.3 is 0 Å². The maximum Gasteiger partial charge on any atom is 0.137 e. The smallest absolute Gasteiger partial charge is 0.137 e. The van der Waals surface area contributed by atoms with Crippen LogP contribution >= 0.6 is 12.6 Å². The van der Waals surface area contributed by atoms with Gasteiger partial charge in [0.1, 0.15) is 6.29 Å². The van der Waals surface area contributed by atoms with Crippen LogP contribution in [0.5, 0.6) is 0 Å². The predicted octanol–water partition coefficient (Wildman–Crippen LogP) is 0.0932. The molecule has 0 spiro atoms. The molecule has 0 fully saturated rings. The normalized spacial score (nSPS) is 13.2. The van der Waals surface area contributed by atoms with Crippen LogP contribution < -0.4 is 5.32 Å². The predicted molar refractivity (Wildman–Crippen MR) is 37.4 cm³/mol. The van der Waals surface area contributed by atoms with Crippen LogP contribution in [-0.4, -0.2) is 24.6 Å². The Labute approximate surface area is 55.1 Å². The molecule has 48 valence electrons. The minimum Gasteiger partial charge on any atom is -0.307 e. The Morgan fingerprint density at radius 1 is 1.88 bits per heavy atom. The van der Waals surface area contributed by atoms with Crippen LogP contribution in [0.25, 0.3) is 0 Å². The molecule has 0 aromatic heterocycles. The van der Waals surface area contributed by atoms with Crippen LogP contribution in [0.2, 0.25) is 0 Å². The molecule has 1 N–H and O–H groups in total. The summed E-state index contributed by atoms with van der Waals surface area (Å²) in [6.07, 6.45) is 0.872. The average molecular weight is 133 g/mol. The van der Waals surface area contributed by atoms with Crippen LogP contribution in [0.15, 0.2) is 0 Å². The highest BCUT2D eigenvalue weighted by Gasteiger charge is 1.98. The monoisotopic (exact) mass is 133 g/mol. The number of hydrogen-bond acceptors (Lipinski definition) is 3. The molecule has 1 atom stereocenters. The summed E-state index contributed by atoms with van der Waals surface area (Å²) in [7, 11) is 0. The Bertz CT molecular complexity index is 67.4. The number of thiol groups is 1. The van der Waals surface area contributed by atoms with Crippen molar-refractivity contribution in [1.29, 1.82) is 0 Å². The fourth-order valence-electron chi connectivity index (χ4n) is 0.418. The van der Waals surface area contributed by atoms with Crippen molar-refractivity contribution in [2.75, 3.05) is 12.3 Å². The standard InChI is InChI=1S/C5H11NOS/c1-2-6-5(3-7)4-8/h3,5-6,8H,2,4H2,1H3/t5-/m0/s1. The number of likely N-dealkylation sites (N-methyl/N-ethyl adjacent to an activating group) is 1. The van der Waals surface area contributed by atoms with Crippen LogP contribution in [0.3, 0.4) is 0 Å². The summed E-state index contributed by atoms with van der Waals surface area (Å²) in [5, 5.41) is 2.94. The highest BCUT2D eigenvalue weighted by molar-refractivity contribution is 7.80. The first-order chi connectivity index (χ1) is 3.85. The van der Waals surface area contributed by atoms with Gasteiger partial charge in [-0.1, -0.05) is 6.92 Å². The molecule has 0 aliphatic carbocycles. The van der Waals surface area contributed by atoms with E-state index < -0.39 is 0 Å². The van der Waals surface area contributed by atoms with Crippen molar-refractivity contribution in [3.8, 4) is 0 Å². The lowest BCUT2D eigenvalue weighted by Gasteiger charge is -2.04. The second kappa shape index (κ2) is 5.12. The molecule has 2 nitrogen and oxygen atoms in total. The molecule has 0 saturated heterocycles. The summed E-state index contributed by atoms with van der Waals surface area (Å²) in [5.41, 5.74) is 0. The molecule has 0 rings (SSSR count). The molecule has 0 bridgehead atoms. The maximum atomic E-state index is 10.0. The van der Waals surface area contributed by atoms with E-state index in [1.54, 1.807) is 0 Å². The third kappa shape index (κ3) is 3.04. The molecule has 0 saturated carbocycles. The van der Waals surface area contributed by atoms with Crippen molar-refractivity contribution in [3.05, 3.63) is 0 Å². The third-order valence-corrected chi connectivity index (χ3v) is 1.22. The summed E-state index contributed by atoms with van der Waals surface area (Å²) >= 11 is 3.94. The Kier molecular flexibility index (Phi) is 5.11. The third-order valence-electron chi connectivity index (χ3n) is 0.827. The Morgan fingerprint density at radius 3 is 2.62 bits per heavy atom. The second-order valence-electron chi connectivity index (χ2n) is 1.48. The number of carbonyl (C=O) groups is 1. The van der Waals surface area contributed by atoms with Crippen LogP contribution in [-0.2, 0) is 4.79 Å². The highest BCUT2D eigenvalue weighted by atomic mass is 32.1. The lowest BCUT2D eigenvalue weighted by atomic mass is 10.4. The molecule has 0 amide bonds. The van der Waals surface area contributed by atoms with E-state index in [0.717, 1.165) is 12.8 Å². The van der Waals surface area contributed by atoms with Gasteiger partial charge in [0.05, 0.1) is 6.04 Å². The SMILES string of the molecule is CCN[C@@H](C=O)CS. The molecule has 0 heterocycles. The minimum absolute atomic E-state index is 0.0664. The largest absolute Gasteiger partial charge is 0.307 e. The van der Waals surface area contributed by atoms with Gasteiger partial charge in [-0.05, 0) is 6.54 Å². The Balaban J connectivity index is 3.21. The fraction of sp³-hybridized carbons (Fsp3) is 0.800. The zero-order chi connectivity index (χ0) is 6.41. The molecule has 0 unspecified atom stereocenters. The van der Waals surface area contributed by atoms with E-state index in [-0.39, 0.29) is 6.04 Å². The molecule has 3 heteroatoms. The molecule has 0 aliphatic rings. The molecule has 0 aromatic rings. The van der Waals surface area contributed by atoms with E-state index in [1.807, 2.05) is 6.92 Å². The van der Waals surface area contributed by atoms with Crippen LogP contribution in [0.4, 0.5) is 0 Å². The quantitative estimate of drug-likeness (QED) is 0.420. The van der Waals surface area contributed by atoms with E-state index in [9.17, 15) is 4.79 Å². The Morgan fingerprint density at radius 2 is 2.50 bits per heavy atom. The zero-order valence-electron chi connectivity index (χ0n) is 4.92. The van der Waals surface area contributed by atoms with Gasteiger partial charge in [-0.15, -0.1) is 0 Å². The molecular formula is C5H11NOS. The van der Waals surface area contributed by atoms with Crippen molar-refractivity contribution in [3.63, 3.8) is 0 Å². The van der Waals surface area contributed by atoms with Crippen molar-refractivity contribution >= 4 is 18.9 Å². The lowest BCUT2D eigenvalue weighted by Crippen LogP contribution is -2.31. The minimum atomic E-state index is -0.0664. The van der Waals surface area contributed by atoms with Gasteiger partial charge in [-0.2, -0.15) is 12.6 Å². The first-order valence-electron chi connectivity index (χ1n) is 2.64. The summed E-state index contributed by atoms with van der Waals surface area (Å²) in [6, 6.07) is -0.0664. The van der Waals surface area contributed by atoms with Gasteiger partial charge in [0.25, 0.3) is 0 Å². The van der Waals surface area contributed by atoms with E-state index in [1.165, 1.54) is 0 Å². The number of hydrogen-bond donors (Lipinski definition) is 2. The zero-order valence-corrected chi connectivity index (χ0v) is 5.82. The van der Waals surface area contributed by atoms with Gasteiger partial charge in [-0.25, -0.2) is 0 Å². The molecule has 8 heavy (non-hydrogen) atoms. The Hall–Kier alpha value is -0.0200. The van der Waals surface area contributed by atoms with Crippen molar-refractivity contribution < 1.29 is 4.79 Å². The van der Waals surface area contributed by atoms with Crippen molar-refractivity contribution in [1.82, 2.24) is 5.32 Å². The summed E-state index contributed by atoms with van der Waals surface area (Å²) in [5.74, 6) is 0.581. The lowest BCUT2D eigenvalue weighted by molar-refractivity contribution is -0.109. The number of nitrogens with one attached hydrogen (secondary N) is 1. The summed E-state index contributed by atoms with van der Waals surface area (Å²) < 4.78 is 0. The topological polar surface area (TPSA) is 29.1 Å². The van der Waals surface area contributed by atoms with Crippen molar-refractivity contribution in [2.24, 2.45) is 0 Å². The molecule has 0 aromatic carbocycles. The molecule has 0 aliphatic heterocycles. The van der Waals surface area contributed by atoms with Crippen LogP contribution in [0, 0.1) is 0 Å². The maximum absolute atomic E-state index is 10.0. The van der Waals surface area contributed by atoms with Gasteiger partial charge in [0.2, 0.25) is 0 Å². The number of rotatable bonds is 4. The van der Waals surface area contributed by atoms with E-state index in [4.69, 9.17) is 0 Å². The summed E-state index contributed by atoms with van der Waals surface area (Å²) in [4.78, 5) is 10.0. The van der Waals surface area contributed by atoms with Gasteiger partial charge in [0.15, 0.2) is 0 Å². The van der Waals surface area contributed by atoms with Gasteiger partial charge < -0.3 is 10.1 Å². The van der Waals surface area contributed by atoms with Crippen molar-refractivity contribution in [2.45, 2.75) is 13.0 Å². The van der Waals surface area contributed by atoms with Crippen LogP contribution in [0.1, 0.15) is 6.92 Å². The van der Waals surface area contributed by atoms with Gasteiger partial charge in [-0.3, -0.25) is 0 Å².